The molecule has 30 heavy (non-hydrogen) atoms. The highest BCUT2D eigenvalue weighted by Gasteiger charge is 2.07. The van der Waals surface area contributed by atoms with Gasteiger partial charge in [0, 0.05) is 30.6 Å². The Kier molecular flexibility index (Phi) is 5.85. The maximum atomic E-state index is 12.2. The van der Waals surface area contributed by atoms with Gasteiger partial charge >= 0.3 is 0 Å². The second-order valence-electron chi connectivity index (χ2n) is 6.86. The number of amides is 1. The van der Waals surface area contributed by atoms with Crippen LogP contribution < -0.4 is 10.1 Å². The van der Waals surface area contributed by atoms with Gasteiger partial charge in [0.15, 0.2) is 0 Å². The summed E-state index contributed by atoms with van der Waals surface area (Å²) in [5.74, 6) is 2.44. The fourth-order valence-electron chi connectivity index (χ4n) is 3.05. The molecule has 4 rings (SSSR count). The second kappa shape index (κ2) is 9.05. The van der Waals surface area contributed by atoms with Gasteiger partial charge in [-0.1, -0.05) is 30.3 Å². The molecule has 150 valence electrons. The number of carbonyl (C=O) groups is 1. The molecule has 0 unspecified atom stereocenters. The van der Waals surface area contributed by atoms with E-state index in [9.17, 15) is 4.79 Å². The number of benzene rings is 2. The number of hydrogen-bond acceptors (Lipinski definition) is 4. The van der Waals surface area contributed by atoms with Gasteiger partial charge in [-0.05, 0) is 55.3 Å². The van der Waals surface area contributed by atoms with E-state index in [0.717, 1.165) is 17.1 Å². The third kappa shape index (κ3) is 5.11. The molecule has 4 aromatic rings. The predicted octanol–water partition coefficient (Wildman–Crippen LogP) is 4.94. The van der Waals surface area contributed by atoms with Crippen molar-refractivity contribution in [3.05, 3.63) is 96.6 Å². The average molecular weight is 398 g/mol. The van der Waals surface area contributed by atoms with Gasteiger partial charge in [0.2, 0.25) is 11.8 Å². The van der Waals surface area contributed by atoms with Gasteiger partial charge in [0.25, 0.3) is 0 Å². The first kappa shape index (κ1) is 19.4. The van der Waals surface area contributed by atoms with Crippen molar-refractivity contribution in [1.29, 1.82) is 0 Å². The standard InChI is InChI=1S/C24H22N4O2/c1-18-25-22(28-15-5-6-16-28)17-24(26-18)30-21-12-10-20(11-13-21)27-23(29)14-9-19-7-3-2-4-8-19/h2-8,10-13,15-17H,9,14H2,1H3,(H,27,29). The summed E-state index contributed by atoms with van der Waals surface area (Å²) in [4.78, 5) is 21.0. The van der Waals surface area contributed by atoms with Crippen LogP contribution in [0.25, 0.3) is 5.82 Å². The van der Waals surface area contributed by atoms with Crippen LogP contribution in [0.15, 0.2) is 85.2 Å². The van der Waals surface area contributed by atoms with Crippen molar-refractivity contribution in [2.24, 2.45) is 0 Å². The number of aryl methyl sites for hydroxylation is 2. The van der Waals surface area contributed by atoms with Crippen LogP contribution in [0.5, 0.6) is 11.6 Å². The van der Waals surface area contributed by atoms with Gasteiger partial charge in [-0.15, -0.1) is 0 Å². The van der Waals surface area contributed by atoms with Crippen molar-refractivity contribution < 1.29 is 9.53 Å². The van der Waals surface area contributed by atoms with E-state index in [-0.39, 0.29) is 5.91 Å². The van der Waals surface area contributed by atoms with Crippen molar-refractivity contribution in [1.82, 2.24) is 14.5 Å². The van der Waals surface area contributed by atoms with Gasteiger partial charge in [0.05, 0.1) is 0 Å². The summed E-state index contributed by atoms with van der Waals surface area (Å²) >= 11 is 0. The smallest absolute Gasteiger partial charge is 0.224 e. The molecule has 0 aliphatic heterocycles. The van der Waals surface area contributed by atoms with E-state index in [0.29, 0.717) is 30.3 Å². The molecule has 0 aliphatic rings. The quantitative estimate of drug-likeness (QED) is 0.479. The van der Waals surface area contributed by atoms with Crippen LogP contribution in [-0.2, 0) is 11.2 Å². The Balaban J connectivity index is 1.36. The summed E-state index contributed by atoms with van der Waals surface area (Å²) in [6, 6.07) is 22.9. The maximum Gasteiger partial charge on any atom is 0.224 e. The van der Waals surface area contributed by atoms with Crippen molar-refractivity contribution in [3.63, 3.8) is 0 Å². The van der Waals surface area contributed by atoms with E-state index in [1.807, 2.05) is 78.5 Å². The highest BCUT2D eigenvalue weighted by Crippen LogP contribution is 2.23. The molecule has 0 saturated carbocycles. The monoisotopic (exact) mass is 398 g/mol. The third-order valence-electron chi connectivity index (χ3n) is 4.51. The van der Waals surface area contributed by atoms with Crippen molar-refractivity contribution >= 4 is 11.6 Å². The van der Waals surface area contributed by atoms with E-state index < -0.39 is 0 Å². The number of nitrogens with zero attached hydrogens (tertiary/aromatic N) is 3. The lowest BCUT2D eigenvalue weighted by atomic mass is 10.1. The summed E-state index contributed by atoms with van der Waals surface area (Å²) in [6.07, 6.45) is 4.98. The largest absolute Gasteiger partial charge is 0.439 e. The lowest BCUT2D eigenvalue weighted by Crippen LogP contribution is -2.12. The molecule has 0 atom stereocenters. The molecule has 2 heterocycles. The molecule has 0 bridgehead atoms. The van der Waals surface area contributed by atoms with Gasteiger partial charge in [-0.3, -0.25) is 4.79 Å². The molecule has 0 spiro atoms. The fourth-order valence-corrected chi connectivity index (χ4v) is 3.05. The van der Waals surface area contributed by atoms with Crippen molar-refractivity contribution in [3.8, 4) is 17.4 Å². The number of ether oxygens (including phenoxy) is 1. The number of carbonyl (C=O) groups excluding carboxylic acids is 1. The highest BCUT2D eigenvalue weighted by molar-refractivity contribution is 5.90. The van der Waals surface area contributed by atoms with Gasteiger partial charge in [0.1, 0.15) is 17.4 Å². The molecule has 6 nitrogen and oxygen atoms in total. The summed E-state index contributed by atoms with van der Waals surface area (Å²) < 4.78 is 7.78. The molecule has 0 saturated heterocycles. The minimum Gasteiger partial charge on any atom is -0.439 e. The maximum absolute atomic E-state index is 12.2. The molecular formula is C24H22N4O2. The molecule has 0 fully saturated rings. The molecule has 2 aromatic heterocycles. The van der Waals surface area contributed by atoms with E-state index in [1.165, 1.54) is 0 Å². The number of aromatic nitrogens is 3. The first-order valence-corrected chi connectivity index (χ1v) is 9.76. The summed E-state index contributed by atoms with van der Waals surface area (Å²) in [6.45, 7) is 1.83. The van der Waals surface area contributed by atoms with Crippen LogP contribution in [0.3, 0.4) is 0 Å². The van der Waals surface area contributed by atoms with Crippen LogP contribution in [0, 0.1) is 6.92 Å². The van der Waals surface area contributed by atoms with E-state index in [4.69, 9.17) is 4.74 Å². The van der Waals surface area contributed by atoms with Crippen LogP contribution in [-0.4, -0.2) is 20.4 Å². The van der Waals surface area contributed by atoms with Crippen LogP contribution in [0.4, 0.5) is 5.69 Å². The lowest BCUT2D eigenvalue weighted by Gasteiger charge is -2.10. The van der Waals surface area contributed by atoms with Gasteiger partial charge < -0.3 is 14.6 Å². The SMILES string of the molecule is Cc1nc(Oc2ccc(NC(=O)CCc3ccccc3)cc2)cc(-n2cccc2)n1. The Bertz CT molecular complexity index is 1110. The number of hydrogen-bond donors (Lipinski definition) is 1. The Morgan fingerprint density at radius 1 is 0.967 bits per heavy atom. The lowest BCUT2D eigenvalue weighted by molar-refractivity contribution is -0.116. The predicted molar refractivity (Wildman–Crippen MR) is 116 cm³/mol. The second-order valence-corrected chi connectivity index (χ2v) is 6.86. The van der Waals surface area contributed by atoms with Gasteiger partial charge in [-0.25, -0.2) is 4.98 Å². The molecular weight excluding hydrogens is 376 g/mol. The summed E-state index contributed by atoms with van der Waals surface area (Å²) in [5, 5.41) is 2.92. The molecule has 1 amide bonds. The Morgan fingerprint density at radius 2 is 1.70 bits per heavy atom. The third-order valence-corrected chi connectivity index (χ3v) is 4.51. The molecule has 6 heteroatoms. The summed E-state index contributed by atoms with van der Waals surface area (Å²) in [7, 11) is 0. The van der Waals surface area contributed by atoms with Crippen LogP contribution in [0.2, 0.25) is 0 Å². The number of rotatable bonds is 7. The topological polar surface area (TPSA) is 69.0 Å². The minimum absolute atomic E-state index is 0.0182. The Labute approximate surface area is 175 Å². The highest BCUT2D eigenvalue weighted by atomic mass is 16.5. The molecule has 0 radical (unpaired) electrons. The molecule has 2 aromatic carbocycles. The molecule has 0 aliphatic carbocycles. The van der Waals surface area contributed by atoms with E-state index >= 15 is 0 Å². The van der Waals surface area contributed by atoms with Crippen molar-refractivity contribution in [2.75, 3.05) is 5.32 Å². The van der Waals surface area contributed by atoms with Gasteiger partial charge in [-0.2, -0.15) is 4.98 Å². The average Bonchev–Trinajstić information content (AvgIpc) is 3.29. The van der Waals surface area contributed by atoms with Crippen LogP contribution in [0.1, 0.15) is 17.8 Å². The molecule has 1 N–H and O–H groups in total. The van der Waals surface area contributed by atoms with E-state index in [2.05, 4.69) is 15.3 Å². The zero-order valence-corrected chi connectivity index (χ0v) is 16.7. The van der Waals surface area contributed by atoms with Crippen LogP contribution >= 0.6 is 0 Å². The normalized spacial score (nSPS) is 10.6. The summed E-state index contributed by atoms with van der Waals surface area (Å²) in [5.41, 5.74) is 1.88. The van der Waals surface area contributed by atoms with Crippen molar-refractivity contribution in [2.45, 2.75) is 19.8 Å². The first-order valence-electron chi connectivity index (χ1n) is 9.76. The zero-order chi connectivity index (χ0) is 20.8. The zero-order valence-electron chi connectivity index (χ0n) is 16.7. The number of nitrogens with one attached hydrogen (secondary N) is 1. The minimum atomic E-state index is -0.0182. The first-order chi connectivity index (χ1) is 14.7. The Morgan fingerprint density at radius 3 is 2.43 bits per heavy atom. The Hall–Kier alpha value is -3.93. The fraction of sp³-hybridized carbons (Fsp3) is 0.125. The number of anilines is 1. The van der Waals surface area contributed by atoms with E-state index in [1.54, 1.807) is 18.2 Å².